The molecule has 0 saturated carbocycles. The quantitative estimate of drug-likeness (QED) is 0.0307. The maximum atomic E-state index is 15.2. The van der Waals surface area contributed by atoms with Gasteiger partial charge in [-0.05, 0) is 50.0 Å². The number of aliphatic hydroxyl groups is 6. The molecule has 5 unspecified atom stereocenters. The molecule has 0 aromatic carbocycles. The lowest BCUT2D eigenvalue weighted by Crippen LogP contribution is -2.59. The Labute approximate surface area is 316 Å². The third-order valence-corrected chi connectivity index (χ3v) is 11.3. The van der Waals surface area contributed by atoms with Crippen LogP contribution in [0, 0.1) is 17.8 Å². The van der Waals surface area contributed by atoms with Crippen LogP contribution >= 0.6 is 0 Å². The van der Waals surface area contributed by atoms with E-state index in [2.05, 4.69) is 26.0 Å². The monoisotopic (exact) mass is 743 g/mol. The molecule has 0 amide bonds. The van der Waals surface area contributed by atoms with Crippen LogP contribution in [-0.2, 0) is 9.47 Å². The fourth-order valence-corrected chi connectivity index (χ4v) is 7.85. The van der Waals surface area contributed by atoms with Crippen molar-refractivity contribution in [3.63, 3.8) is 0 Å². The molecular formula is C43H79FO8. The standard InChI is InChI=1S/C43H79FO8/c1-3-4-5-6-7-8-9-10-11-16-19-22-28-37(46)39(47)35(32-51-43-42(50)41(49)40(48)38(31-45)52-43)30-36(44)27-21-18-15-13-12-14-17-20-25-34-26-23-24-33(2)29-34/h23-24,30,33-35,37-43,45-50H,3-22,25-29,31-32H2,1-2H3/b36-30+/t33-,34-,35+,37-,38?,39+,40?,41?,42?,43?/m1/s1. The summed E-state index contributed by atoms with van der Waals surface area (Å²) in [4.78, 5) is 0. The zero-order chi connectivity index (χ0) is 38.0. The van der Waals surface area contributed by atoms with E-state index in [9.17, 15) is 30.6 Å². The van der Waals surface area contributed by atoms with Crippen LogP contribution in [0.1, 0.15) is 174 Å². The molecule has 1 aliphatic carbocycles. The van der Waals surface area contributed by atoms with Gasteiger partial charge in [-0.1, -0.05) is 154 Å². The van der Waals surface area contributed by atoms with Crippen LogP contribution in [0.4, 0.5) is 4.39 Å². The number of hydrogen-bond acceptors (Lipinski definition) is 8. The number of halogens is 1. The van der Waals surface area contributed by atoms with Gasteiger partial charge < -0.3 is 40.1 Å². The minimum Gasteiger partial charge on any atom is -0.394 e. The largest absolute Gasteiger partial charge is 0.394 e. The summed E-state index contributed by atoms with van der Waals surface area (Å²) in [6, 6.07) is 0. The number of ether oxygens (including phenoxy) is 2. The van der Waals surface area contributed by atoms with Gasteiger partial charge in [-0.25, -0.2) is 4.39 Å². The van der Waals surface area contributed by atoms with E-state index in [4.69, 9.17) is 9.47 Å². The average Bonchev–Trinajstić information content (AvgIpc) is 3.13. The van der Waals surface area contributed by atoms with Crippen molar-refractivity contribution in [2.45, 2.75) is 217 Å². The molecule has 10 atom stereocenters. The SMILES string of the molecule is CCCCCCCCCCCCCC[C@@H](O)[C@@H](O)[C@@H](/C=C(/F)CCCCCCCCCC[C@@H]1CC=C[C@@H](C)C1)COC1OC(CO)C(O)C(O)C1O. The second-order valence-corrected chi connectivity index (χ2v) is 16.2. The third kappa shape index (κ3) is 20.1. The van der Waals surface area contributed by atoms with Gasteiger partial charge in [-0.15, -0.1) is 0 Å². The third-order valence-electron chi connectivity index (χ3n) is 11.3. The van der Waals surface area contributed by atoms with Gasteiger partial charge >= 0.3 is 0 Å². The van der Waals surface area contributed by atoms with Crippen LogP contribution in [0.5, 0.6) is 0 Å². The molecular weight excluding hydrogens is 663 g/mol. The summed E-state index contributed by atoms with van der Waals surface area (Å²) in [6.07, 6.45) is 24.0. The summed E-state index contributed by atoms with van der Waals surface area (Å²) in [6.45, 7) is 3.66. The van der Waals surface area contributed by atoms with Crippen LogP contribution in [-0.4, -0.2) is 86.8 Å². The minimum atomic E-state index is -1.61. The smallest absolute Gasteiger partial charge is 0.186 e. The van der Waals surface area contributed by atoms with E-state index in [1.165, 1.54) is 102 Å². The lowest BCUT2D eigenvalue weighted by atomic mass is 9.84. The Bertz CT molecular complexity index is 916. The van der Waals surface area contributed by atoms with Crippen molar-refractivity contribution < 1.29 is 44.5 Å². The van der Waals surface area contributed by atoms with Gasteiger partial charge in [0.2, 0.25) is 0 Å². The van der Waals surface area contributed by atoms with Gasteiger partial charge in [0.15, 0.2) is 6.29 Å². The zero-order valence-electron chi connectivity index (χ0n) is 33.0. The minimum absolute atomic E-state index is 0.229. The summed E-state index contributed by atoms with van der Waals surface area (Å²) in [5, 5.41) is 62.2. The fraction of sp³-hybridized carbons (Fsp3) is 0.907. The molecule has 0 radical (unpaired) electrons. The van der Waals surface area contributed by atoms with E-state index < -0.39 is 55.4 Å². The molecule has 2 rings (SSSR count). The van der Waals surface area contributed by atoms with Crippen molar-refractivity contribution >= 4 is 0 Å². The Balaban J connectivity index is 1.74. The first-order valence-corrected chi connectivity index (χ1v) is 21.5. The molecule has 1 saturated heterocycles. The maximum Gasteiger partial charge on any atom is 0.186 e. The summed E-state index contributed by atoms with van der Waals surface area (Å²) >= 11 is 0. The molecule has 2 aliphatic rings. The van der Waals surface area contributed by atoms with Gasteiger partial charge in [0.05, 0.1) is 31.2 Å². The van der Waals surface area contributed by atoms with E-state index in [-0.39, 0.29) is 18.9 Å². The van der Waals surface area contributed by atoms with E-state index in [1.54, 1.807) is 0 Å². The average molecular weight is 743 g/mol. The number of allylic oxidation sites excluding steroid dienone is 3. The van der Waals surface area contributed by atoms with Gasteiger partial charge in [0.25, 0.3) is 0 Å². The molecule has 0 aromatic rings. The van der Waals surface area contributed by atoms with Gasteiger partial charge in [0.1, 0.15) is 24.4 Å². The maximum absolute atomic E-state index is 15.2. The van der Waals surface area contributed by atoms with E-state index >= 15 is 4.39 Å². The Morgan fingerprint density at radius 3 is 1.92 bits per heavy atom. The molecule has 306 valence electrons. The second-order valence-electron chi connectivity index (χ2n) is 16.2. The Morgan fingerprint density at radius 1 is 0.788 bits per heavy atom. The molecule has 8 nitrogen and oxygen atoms in total. The highest BCUT2D eigenvalue weighted by molar-refractivity contribution is 5.00. The molecule has 9 heteroatoms. The highest BCUT2D eigenvalue weighted by Crippen LogP contribution is 2.28. The van der Waals surface area contributed by atoms with Gasteiger partial charge in [0, 0.05) is 5.92 Å². The molecule has 52 heavy (non-hydrogen) atoms. The van der Waals surface area contributed by atoms with Crippen molar-refractivity contribution in [2.75, 3.05) is 13.2 Å². The number of hydrogen-bond donors (Lipinski definition) is 6. The van der Waals surface area contributed by atoms with Crippen LogP contribution < -0.4 is 0 Å². The Hall–Kier alpha value is -0.910. The first-order valence-electron chi connectivity index (χ1n) is 21.5. The molecule has 0 spiro atoms. The first kappa shape index (κ1) is 47.2. The second kappa shape index (κ2) is 29.4. The van der Waals surface area contributed by atoms with E-state index in [1.807, 2.05) is 0 Å². The highest BCUT2D eigenvalue weighted by atomic mass is 19.1. The highest BCUT2D eigenvalue weighted by Gasteiger charge is 2.44. The predicted octanol–water partition coefficient (Wildman–Crippen LogP) is 8.59. The predicted molar refractivity (Wildman–Crippen MR) is 207 cm³/mol. The number of rotatable bonds is 31. The lowest BCUT2D eigenvalue weighted by molar-refractivity contribution is -0.303. The molecule has 1 fully saturated rings. The lowest BCUT2D eigenvalue weighted by Gasteiger charge is -2.40. The molecule has 1 heterocycles. The summed E-state index contributed by atoms with van der Waals surface area (Å²) in [7, 11) is 0. The number of aliphatic hydroxyl groups excluding tert-OH is 6. The van der Waals surface area contributed by atoms with Crippen molar-refractivity contribution in [1.82, 2.24) is 0 Å². The van der Waals surface area contributed by atoms with Gasteiger partial charge in [-0.3, -0.25) is 0 Å². The Kier molecular flexibility index (Phi) is 26.7. The van der Waals surface area contributed by atoms with Crippen molar-refractivity contribution in [3.05, 3.63) is 24.1 Å². The van der Waals surface area contributed by atoms with Crippen LogP contribution in [0.2, 0.25) is 0 Å². The van der Waals surface area contributed by atoms with Gasteiger partial charge in [-0.2, -0.15) is 0 Å². The fourth-order valence-electron chi connectivity index (χ4n) is 7.85. The van der Waals surface area contributed by atoms with Crippen molar-refractivity contribution in [2.24, 2.45) is 17.8 Å². The summed E-state index contributed by atoms with van der Waals surface area (Å²) < 4.78 is 26.4. The van der Waals surface area contributed by atoms with Crippen molar-refractivity contribution in [3.8, 4) is 0 Å². The Morgan fingerprint density at radius 2 is 1.35 bits per heavy atom. The molecule has 0 bridgehead atoms. The van der Waals surface area contributed by atoms with Crippen LogP contribution in [0.15, 0.2) is 24.1 Å². The zero-order valence-corrected chi connectivity index (χ0v) is 33.0. The molecule has 1 aliphatic heterocycles. The summed E-state index contributed by atoms with van der Waals surface area (Å²) in [5.74, 6) is 0.267. The van der Waals surface area contributed by atoms with Crippen molar-refractivity contribution in [1.29, 1.82) is 0 Å². The normalized spacial score (nSPS) is 27.2. The van der Waals surface area contributed by atoms with E-state index in [0.29, 0.717) is 12.8 Å². The summed E-state index contributed by atoms with van der Waals surface area (Å²) in [5.41, 5.74) is 0. The molecule has 0 aromatic heterocycles. The topological polar surface area (TPSA) is 140 Å². The van der Waals surface area contributed by atoms with Crippen LogP contribution in [0.25, 0.3) is 0 Å². The molecule has 6 N–H and O–H groups in total. The van der Waals surface area contributed by atoms with Crippen LogP contribution in [0.3, 0.4) is 0 Å². The van der Waals surface area contributed by atoms with E-state index in [0.717, 1.165) is 56.8 Å². The number of unbranched alkanes of at least 4 members (excludes halogenated alkanes) is 18. The first-order chi connectivity index (χ1) is 25.2.